The van der Waals surface area contributed by atoms with Gasteiger partial charge in [-0.05, 0) is 36.2 Å². The number of halogens is 4. The molecule has 2 heterocycles. The van der Waals surface area contributed by atoms with Gasteiger partial charge >= 0.3 is 6.18 Å². The van der Waals surface area contributed by atoms with Crippen molar-refractivity contribution >= 4 is 11.6 Å². The Labute approximate surface area is 191 Å². The standard InChI is InChI=1S/C25H25ClF3N3/c1-16(2)24-30-22-12-14-32(15-17-3-7-19(8-4-17)25(27,28)29)13-11-21(22)23(31-24)18-5-9-20(26)10-6-18/h3-10,16H,11-15H2,1-2H3. The highest BCUT2D eigenvalue weighted by atomic mass is 35.5. The molecule has 0 atom stereocenters. The van der Waals surface area contributed by atoms with Crippen LogP contribution in [0, 0.1) is 0 Å². The maximum atomic E-state index is 12.8. The van der Waals surface area contributed by atoms with Crippen LogP contribution in [0.2, 0.25) is 5.02 Å². The van der Waals surface area contributed by atoms with Crippen molar-refractivity contribution in [3.8, 4) is 11.3 Å². The normalized spacial score (nSPS) is 15.0. The zero-order valence-corrected chi connectivity index (χ0v) is 18.8. The molecular formula is C25H25ClF3N3. The zero-order chi connectivity index (χ0) is 22.9. The maximum absolute atomic E-state index is 12.8. The van der Waals surface area contributed by atoms with Crippen molar-refractivity contribution in [2.45, 2.75) is 45.3 Å². The Morgan fingerprint density at radius 3 is 2.22 bits per heavy atom. The molecule has 0 spiro atoms. The van der Waals surface area contributed by atoms with Crippen LogP contribution in [0.3, 0.4) is 0 Å². The summed E-state index contributed by atoms with van der Waals surface area (Å²) in [5.74, 6) is 1.03. The van der Waals surface area contributed by atoms with Crippen molar-refractivity contribution in [2.24, 2.45) is 0 Å². The van der Waals surface area contributed by atoms with Crippen LogP contribution in [0.5, 0.6) is 0 Å². The molecule has 7 heteroatoms. The lowest BCUT2D eigenvalue weighted by atomic mass is 10.00. The van der Waals surface area contributed by atoms with Gasteiger partial charge in [-0.25, -0.2) is 9.97 Å². The minimum atomic E-state index is -4.31. The first-order chi connectivity index (χ1) is 15.2. The van der Waals surface area contributed by atoms with Gasteiger partial charge in [0, 0.05) is 53.8 Å². The summed E-state index contributed by atoms with van der Waals surface area (Å²) in [5, 5.41) is 0.681. The fourth-order valence-corrected chi connectivity index (χ4v) is 4.11. The molecule has 1 aliphatic rings. The average Bonchev–Trinajstić information content (AvgIpc) is 2.96. The second kappa shape index (κ2) is 9.20. The average molecular weight is 460 g/mol. The fraction of sp³-hybridized carbons (Fsp3) is 0.360. The molecule has 0 aliphatic carbocycles. The van der Waals surface area contributed by atoms with Crippen molar-refractivity contribution in [3.05, 3.63) is 81.8 Å². The van der Waals surface area contributed by atoms with E-state index >= 15 is 0 Å². The van der Waals surface area contributed by atoms with Crippen LogP contribution >= 0.6 is 11.6 Å². The summed E-state index contributed by atoms with van der Waals surface area (Å²) < 4.78 is 38.5. The molecule has 1 aliphatic heterocycles. The van der Waals surface area contributed by atoms with Crippen LogP contribution in [0.4, 0.5) is 13.2 Å². The predicted molar refractivity (Wildman–Crippen MR) is 121 cm³/mol. The first-order valence-corrected chi connectivity index (χ1v) is 11.1. The number of benzene rings is 2. The Morgan fingerprint density at radius 1 is 0.938 bits per heavy atom. The highest BCUT2D eigenvalue weighted by Gasteiger charge is 2.30. The quantitative estimate of drug-likeness (QED) is 0.443. The van der Waals surface area contributed by atoms with Gasteiger partial charge in [-0.1, -0.05) is 49.7 Å². The van der Waals surface area contributed by atoms with Crippen LogP contribution in [-0.4, -0.2) is 28.0 Å². The lowest BCUT2D eigenvalue weighted by Gasteiger charge is -2.20. The topological polar surface area (TPSA) is 29.0 Å². The molecule has 32 heavy (non-hydrogen) atoms. The number of hydrogen-bond acceptors (Lipinski definition) is 3. The van der Waals surface area contributed by atoms with E-state index in [1.165, 1.54) is 0 Å². The Bertz CT molecular complexity index is 1080. The van der Waals surface area contributed by atoms with Crippen molar-refractivity contribution in [1.82, 2.24) is 14.9 Å². The number of aromatic nitrogens is 2. The number of hydrogen-bond donors (Lipinski definition) is 0. The number of fused-ring (bicyclic) bond motifs is 1. The third-order valence-corrected chi connectivity index (χ3v) is 6.03. The van der Waals surface area contributed by atoms with E-state index in [1.807, 2.05) is 24.3 Å². The zero-order valence-electron chi connectivity index (χ0n) is 18.1. The van der Waals surface area contributed by atoms with Gasteiger partial charge in [-0.2, -0.15) is 13.2 Å². The van der Waals surface area contributed by atoms with E-state index < -0.39 is 11.7 Å². The third-order valence-electron chi connectivity index (χ3n) is 5.77. The van der Waals surface area contributed by atoms with Gasteiger partial charge in [-0.15, -0.1) is 0 Å². The second-order valence-corrected chi connectivity index (χ2v) is 8.92. The van der Waals surface area contributed by atoms with Gasteiger partial charge in [0.25, 0.3) is 0 Å². The summed E-state index contributed by atoms with van der Waals surface area (Å²) in [5.41, 5.74) is 4.43. The molecule has 3 nitrogen and oxygen atoms in total. The first kappa shape index (κ1) is 22.7. The molecule has 0 amide bonds. The van der Waals surface area contributed by atoms with E-state index in [0.29, 0.717) is 11.6 Å². The summed E-state index contributed by atoms with van der Waals surface area (Å²) in [6, 6.07) is 13.1. The van der Waals surface area contributed by atoms with Gasteiger partial charge in [0.2, 0.25) is 0 Å². The maximum Gasteiger partial charge on any atom is 0.416 e. The smallest absolute Gasteiger partial charge is 0.298 e. The van der Waals surface area contributed by atoms with Gasteiger partial charge in [0.1, 0.15) is 5.82 Å². The van der Waals surface area contributed by atoms with Crippen LogP contribution in [0.15, 0.2) is 48.5 Å². The molecule has 168 valence electrons. The molecule has 1 aromatic heterocycles. The lowest BCUT2D eigenvalue weighted by molar-refractivity contribution is -0.137. The SMILES string of the molecule is CC(C)c1nc2c(c(-c3ccc(Cl)cc3)n1)CCN(Cc1ccc(C(F)(F)F)cc1)CC2. The molecule has 0 radical (unpaired) electrons. The molecule has 0 unspecified atom stereocenters. The second-order valence-electron chi connectivity index (χ2n) is 8.49. The summed E-state index contributed by atoms with van der Waals surface area (Å²) in [4.78, 5) is 12.0. The Balaban J connectivity index is 1.58. The number of alkyl halides is 3. The first-order valence-electron chi connectivity index (χ1n) is 10.7. The molecule has 0 saturated heterocycles. The Hall–Kier alpha value is -2.44. The molecule has 2 aromatic carbocycles. The minimum absolute atomic E-state index is 0.206. The van der Waals surface area contributed by atoms with E-state index in [-0.39, 0.29) is 5.92 Å². The van der Waals surface area contributed by atoms with E-state index in [1.54, 1.807) is 12.1 Å². The summed E-state index contributed by atoms with van der Waals surface area (Å²) >= 11 is 6.08. The van der Waals surface area contributed by atoms with Crippen LogP contribution in [-0.2, 0) is 25.6 Å². The van der Waals surface area contributed by atoms with Crippen LogP contribution < -0.4 is 0 Å². The molecule has 4 rings (SSSR count). The molecule has 0 saturated carbocycles. The number of rotatable bonds is 4. The van der Waals surface area contributed by atoms with E-state index in [0.717, 1.165) is 72.0 Å². The van der Waals surface area contributed by atoms with Gasteiger partial charge in [0.05, 0.1) is 11.3 Å². The highest BCUT2D eigenvalue weighted by molar-refractivity contribution is 6.30. The summed E-state index contributed by atoms with van der Waals surface area (Å²) in [6.07, 6.45) is -2.75. The molecule has 0 fully saturated rings. The van der Waals surface area contributed by atoms with Gasteiger partial charge in [-0.3, -0.25) is 4.90 Å². The Morgan fingerprint density at radius 2 is 1.59 bits per heavy atom. The largest absolute Gasteiger partial charge is 0.416 e. The van der Waals surface area contributed by atoms with Gasteiger partial charge < -0.3 is 0 Å². The predicted octanol–water partition coefficient (Wildman–Crippen LogP) is 6.54. The summed E-state index contributed by atoms with van der Waals surface area (Å²) in [6.45, 7) is 6.36. The van der Waals surface area contributed by atoms with Crippen molar-refractivity contribution < 1.29 is 13.2 Å². The molecular weight excluding hydrogens is 435 g/mol. The minimum Gasteiger partial charge on any atom is -0.298 e. The van der Waals surface area contributed by atoms with Crippen LogP contribution in [0.1, 0.15) is 48.0 Å². The van der Waals surface area contributed by atoms with Gasteiger partial charge in [0.15, 0.2) is 0 Å². The van der Waals surface area contributed by atoms with Crippen molar-refractivity contribution in [2.75, 3.05) is 13.1 Å². The van der Waals surface area contributed by atoms with E-state index in [2.05, 4.69) is 18.7 Å². The van der Waals surface area contributed by atoms with Crippen molar-refractivity contribution in [1.29, 1.82) is 0 Å². The fourth-order valence-electron chi connectivity index (χ4n) is 3.98. The molecule has 0 N–H and O–H groups in total. The third kappa shape index (κ3) is 5.13. The highest BCUT2D eigenvalue weighted by Crippen LogP contribution is 2.31. The van der Waals surface area contributed by atoms with E-state index in [4.69, 9.17) is 21.6 Å². The summed E-state index contributed by atoms with van der Waals surface area (Å²) in [7, 11) is 0. The number of nitrogens with zero attached hydrogens (tertiary/aromatic N) is 3. The van der Waals surface area contributed by atoms with E-state index in [9.17, 15) is 13.2 Å². The lowest BCUT2D eigenvalue weighted by Crippen LogP contribution is -2.26. The van der Waals surface area contributed by atoms with Crippen molar-refractivity contribution in [3.63, 3.8) is 0 Å². The molecule has 0 bridgehead atoms. The monoisotopic (exact) mass is 459 g/mol. The van der Waals surface area contributed by atoms with Crippen LogP contribution in [0.25, 0.3) is 11.3 Å². The Kier molecular flexibility index (Phi) is 6.54. The molecule has 3 aromatic rings.